The Labute approximate surface area is 172 Å². The Balaban J connectivity index is 1.96. The van der Waals surface area contributed by atoms with Crippen LogP contribution in [0.2, 0.25) is 0 Å². The van der Waals surface area contributed by atoms with Crippen molar-refractivity contribution in [3.63, 3.8) is 0 Å². The number of benzene rings is 2. The van der Waals surface area contributed by atoms with Crippen molar-refractivity contribution in [3.05, 3.63) is 47.5 Å². The van der Waals surface area contributed by atoms with E-state index >= 15 is 0 Å². The van der Waals surface area contributed by atoms with Crippen molar-refractivity contribution < 1.29 is 30.0 Å². The van der Waals surface area contributed by atoms with Crippen LogP contribution < -0.4 is 10.6 Å². The summed E-state index contributed by atoms with van der Waals surface area (Å²) in [6.07, 6.45) is 2.75. The number of nitrogens with one attached hydrogen (secondary N) is 2. The van der Waals surface area contributed by atoms with Gasteiger partial charge in [0.25, 0.3) is 5.91 Å². The number of phenols is 4. The lowest BCUT2D eigenvalue weighted by atomic mass is 10.1. The van der Waals surface area contributed by atoms with Gasteiger partial charge in [-0.3, -0.25) is 9.59 Å². The molecule has 0 aliphatic carbocycles. The largest absolute Gasteiger partial charge is 0.504 e. The van der Waals surface area contributed by atoms with Gasteiger partial charge in [-0.15, -0.1) is 0 Å². The fraction of sp³-hybridized carbons (Fsp3) is 0.300. The molecule has 29 heavy (non-hydrogen) atoms. The average molecular weight is 420 g/mol. The van der Waals surface area contributed by atoms with Crippen molar-refractivity contribution in [3.8, 4) is 23.0 Å². The van der Waals surface area contributed by atoms with E-state index < -0.39 is 17.7 Å². The Morgan fingerprint density at radius 2 is 1.62 bits per heavy atom. The maximum Gasteiger partial charge on any atom is 0.252 e. The zero-order valence-corrected chi connectivity index (χ0v) is 16.7. The van der Waals surface area contributed by atoms with Crippen molar-refractivity contribution in [2.75, 3.05) is 18.6 Å². The Bertz CT molecular complexity index is 874. The highest BCUT2D eigenvalue weighted by Crippen LogP contribution is 2.25. The summed E-state index contributed by atoms with van der Waals surface area (Å²) in [4.78, 5) is 24.9. The van der Waals surface area contributed by atoms with E-state index in [1.54, 1.807) is 17.8 Å². The van der Waals surface area contributed by atoms with Gasteiger partial charge in [0, 0.05) is 12.1 Å². The second-order valence-corrected chi connectivity index (χ2v) is 7.36. The molecule has 0 heterocycles. The molecule has 2 amide bonds. The topological polar surface area (TPSA) is 139 Å². The number of hydrogen-bond acceptors (Lipinski definition) is 7. The number of rotatable bonds is 9. The smallest absolute Gasteiger partial charge is 0.252 e. The van der Waals surface area contributed by atoms with E-state index in [0.29, 0.717) is 18.6 Å². The molecule has 0 saturated carbocycles. The molecule has 0 spiro atoms. The maximum absolute atomic E-state index is 12.5. The van der Waals surface area contributed by atoms with Gasteiger partial charge < -0.3 is 31.1 Å². The van der Waals surface area contributed by atoms with Crippen LogP contribution >= 0.6 is 11.8 Å². The molecule has 156 valence electrons. The van der Waals surface area contributed by atoms with E-state index in [0.717, 1.165) is 11.6 Å². The van der Waals surface area contributed by atoms with Gasteiger partial charge in [-0.2, -0.15) is 11.8 Å². The summed E-state index contributed by atoms with van der Waals surface area (Å²) in [7, 11) is 0. The van der Waals surface area contributed by atoms with Crippen LogP contribution in [0.3, 0.4) is 0 Å². The molecule has 2 aromatic carbocycles. The van der Waals surface area contributed by atoms with Gasteiger partial charge in [0.05, 0.1) is 0 Å². The van der Waals surface area contributed by atoms with Crippen molar-refractivity contribution in [2.45, 2.75) is 18.9 Å². The number of aromatic hydroxyl groups is 4. The van der Waals surface area contributed by atoms with Gasteiger partial charge in [-0.1, -0.05) is 6.07 Å². The monoisotopic (exact) mass is 420 g/mol. The molecule has 8 nitrogen and oxygen atoms in total. The van der Waals surface area contributed by atoms with E-state index in [1.807, 2.05) is 6.26 Å². The molecule has 2 aromatic rings. The van der Waals surface area contributed by atoms with Gasteiger partial charge in [0.1, 0.15) is 6.04 Å². The van der Waals surface area contributed by atoms with E-state index in [-0.39, 0.29) is 35.3 Å². The minimum absolute atomic E-state index is 0.127. The molecule has 0 radical (unpaired) electrons. The highest BCUT2D eigenvalue weighted by molar-refractivity contribution is 7.98. The van der Waals surface area contributed by atoms with E-state index in [1.165, 1.54) is 24.3 Å². The lowest BCUT2D eigenvalue weighted by molar-refractivity contribution is -0.122. The van der Waals surface area contributed by atoms with Crippen molar-refractivity contribution in [1.29, 1.82) is 0 Å². The fourth-order valence-corrected chi connectivity index (χ4v) is 3.06. The number of phenolic OH excluding ortho intramolecular Hbond substituents is 4. The van der Waals surface area contributed by atoms with Crippen molar-refractivity contribution >= 4 is 23.6 Å². The first-order valence-electron chi connectivity index (χ1n) is 8.92. The predicted molar refractivity (Wildman–Crippen MR) is 111 cm³/mol. The predicted octanol–water partition coefficient (Wildman–Crippen LogP) is 1.72. The minimum Gasteiger partial charge on any atom is -0.504 e. The quantitative estimate of drug-likeness (QED) is 0.340. The van der Waals surface area contributed by atoms with Crippen LogP contribution in [0.15, 0.2) is 36.4 Å². The van der Waals surface area contributed by atoms with Crippen LogP contribution in [0.5, 0.6) is 23.0 Å². The molecule has 2 rings (SSSR count). The highest BCUT2D eigenvalue weighted by Gasteiger charge is 2.21. The number of carbonyl (C=O) groups is 2. The first kappa shape index (κ1) is 22.2. The summed E-state index contributed by atoms with van der Waals surface area (Å²) >= 11 is 1.54. The van der Waals surface area contributed by atoms with Crippen molar-refractivity contribution in [1.82, 2.24) is 10.6 Å². The first-order chi connectivity index (χ1) is 13.8. The van der Waals surface area contributed by atoms with E-state index in [9.17, 15) is 30.0 Å². The lowest BCUT2D eigenvalue weighted by Crippen LogP contribution is -2.47. The third-order valence-corrected chi connectivity index (χ3v) is 4.87. The highest BCUT2D eigenvalue weighted by atomic mass is 32.2. The Morgan fingerprint density at radius 3 is 2.24 bits per heavy atom. The Hall–Kier alpha value is -3.07. The summed E-state index contributed by atoms with van der Waals surface area (Å²) < 4.78 is 0. The molecule has 0 saturated heterocycles. The van der Waals surface area contributed by atoms with E-state index in [2.05, 4.69) is 10.6 Å². The second kappa shape index (κ2) is 10.5. The summed E-state index contributed by atoms with van der Waals surface area (Å²) in [5, 5.41) is 43.2. The molecule has 9 heteroatoms. The number of hydrogen-bond donors (Lipinski definition) is 6. The molecule has 0 fully saturated rings. The van der Waals surface area contributed by atoms with Crippen LogP contribution in [0.25, 0.3) is 0 Å². The van der Waals surface area contributed by atoms with Crippen LogP contribution in [0, 0.1) is 0 Å². The molecule has 0 aliphatic heterocycles. The van der Waals surface area contributed by atoms with Crippen LogP contribution in [0.1, 0.15) is 22.3 Å². The standard InChI is InChI=1S/C20H24N2O6S/c1-29-9-7-14(22-19(27)13-3-5-16(24)18(26)11-13)20(28)21-8-6-12-2-4-15(23)17(25)10-12/h2-5,10-11,14,23-26H,6-9H2,1H3,(H,21,28)(H,22,27)/t14-/m0/s1. The van der Waals surface area contributed by atoms with Gasteiger partial charge in [0.15, 0.2) is 23.0 Å². The summed E-state index contributed by atoms with van der Waals surface area (Å²) in [6.45, 7) is 0.286. The van der Waals surface area contributed by atoms with Crippen LogP contribution in [0.4, 0.5) is 0 Å². The summed E-state index contributed by atoms with van der Waals surface area (Å²) in [6, 6.07) is 7.36. The molecular weight excluding hydrogens is 396 g/mol. The Morgan fingerprint density at radius 1 is 0.966 bits per heavy atom. The third kappa shape index (κ3) is 6.49. The Kier molecular flexibility index (Phi) is 8.02. The van der Waals surface area contributed by atoms with Gasteiger partial charge in [-0.05, 0) is 60.7 Å². The molecule has 0 aliphatic rings. The van der Waals surface area contributed by atoms with Gasteiger partial charge >= 0.3 is 0 Å². The number of carbonyl (C=O) groups excluding carboxylic acids is 2. The second-order valence-electron chi connectivity index (χ2n) is 6.38. The summed E-state index contributed by atoms with van der Waals surface area (Å²) in [5.41, 5.74) is 0.867. The van der Waals surface area contributed by atoms with Crippen LogP contribution in [-0.2, 0) is 11.2 Å². The van der Waals surface area contributed by atoms with Crippen LogP contribution in [-0.4, -0.2) is 56.8 Å². The molecule has 1 atom stereocenters. The van der Waals surface area contributed by atoms with Crippen molar-refractivity contribution in [2.24, 2.45) is 0 Å². The zero-order chi connectivity index (χ0) is 21.4. The van der Waals surface area contributed by atoms with Gasteiger partial charge in [-0.25, -0.2) is 0 Å². The number of thioether (sulfide) groups is 1. The molecule has 0 bridgehead atoms. The SMILES string of the molecule is CSCC[C@H](NC(=O)c1ccc(O)c(O)c1)C(=O)NCCc1ccc(O)c(O)c1. The summed E-state index contributed by atoms with van der Waals surface area (Å²) in [5.74, 6) is -1.42. The van der Waals surface area contributed by atoms with Gasteiger partial charge in [0.2, 0.25) is 5.91 Å². The lowest BCUT2D eigenvalue weighted by Gasteiger charge is -2.18. The zero-order valence-electron chi connectivity index (χ0n) is 15.9. The fourth-order valence-electron chi connectivity index (χ4n) is 2.59. The number of amides is 2. The normalized spacial score (nSPS) is 11.6. The third-order valence-electron chi connectivity index (χ3n) is 4.22. The molecule has 0 aromatic heterocycles. The average Bonchev–Trinajstić information content (AvgIpc) is 2.69. The van der Waals surface area contributed by atoms with E-state index in [4.69, 9.17) is 0 Å². The minimum atomic E-state index is -0.765. The maximum atomic E-state index is 12.5. The first-order valence-corrected chi connectivity index (χ1v) is 10.3. The molecular formula is C20H24N2O6S. The molecule has 6 N–H and O–H groups in total. The molecule has 0 unspecified atom stereocenters.